The molecule has 0 fully saturated rings. The van der Waals surface area contributed by atoms with Gasteiger partial charge in [-0.2, -0.15) is 0 Å². The molecule has 380 valence electrons. The van der Waals surface area contributed by atoms with Gasteiger partial charge in [-0.3, -0.25) is 9.59 Å². The molecule has 0 aliphatic rings. The molecular formula is C58H113NO5. The highest BCUT2D eigenvalue weighted by atomic mass is 16.5. The Kier molecular flexibility index (Phi) is 53.0. The molecule has 0 rings (SSSR count). The van der Waals surface area contributed by atoms with E-state index in [1.165, 1.54) is 238 Å². The zero-order valence-electron chi connectivity index (χ0n) is 43.3. The van der Waals surface area contributed by atoms with Gasteiger partial charge in [0.15, 0.2) is 0 Å². The fraction of sp³-hybridized carbons (Fsp3) is 0.931. The summed E-state index contributed by atoms with van der Waals surface area (Å²) in [7, 11) is 0. The van der Waals surface area contributed by atoms with Gasteiger partial charge in [0.05, 0.1) is 25.4 Å². The largest absolute Gasteiger partial charge is 0.466 e. The maximum Gasteiger partial charge on any atom is 0.305 e. The summed E-state index contributed by atoms with van der Waals surface area (Å²) < 4.78 is 5.48. The van der Waals surface area contributed by atoms with Crippen LogP contribution in [-0.4, -0.2) is 47.4 Å². The predicted octanol–water partition coefficient (Wildman–Crippen LogP) is 17.7. The van der Waals surface area contributed by atoms with E-state index in [-0.39, 0.29) is 18.5 Å². The van der Waals surface area contributed by atoms with E-state index < -0.39 is 12.1 Å². The van der Waals surface area contributed by atoms with Crippen molar-refractivity contribution in [2.45, 2.75) is 334 Å². The van der Waals surface area contributed by atoms with Crippen LogP contribution in [0.3, 0.4) is 0 Å². The van der Waals surface area contributed by atoms with E-state index >= 15 is 0 Å². The van der Waals surface area contributed by atoms with Gasteiger partial charge in [0.25, 0.3) is 0 Å². The fourth-order valence-electron chi connectivity index (χ4n) is 9.11. The number of carbonyl (C=O) groups is 2. The summed E-state index contributed by atoms with van der Waals surface area (Å²) in [6.45, 7) is 4.95. The molecule has 64 heavy (non-hydrogen) atoms. The van der Waals surface area contributed by atoms with Gasteiger partial charge in [0, 0.05) is 12.8 Å². The number of allylic oxidation sites excluding steroid dienone is 2. The van der Waals surface area contributed by atoms with Crippen molar-refractivity contribution in [1.29, 1.82) is 0 Å². The SMILES string of the molecule is CCCCCCCCCCCCCCCCCCCC(=O)OCCCCCCCC/C=C\CCCCCCCCCC(=O)NC(CO)C(O)CCCCCCCCCCCCCCC. The fourth-order valence-corrected chi connectivity index (χ4v) is 9.11. The van der Waals surface area contributed by atoms with Gasteiger partial charge in [0.1, 0.15) is 0 Å². The van der Waals surface area contributed by atoms with Gasteiger partial charge < -0.3 is 20.3 Å². The third-order valence-corrected chi connectivity index (χ3v) is 13.6. The number of ether oxygens (including phenoxy) is 1. The number of amides is 1. The van der Waals surface area contributed by atoms with Crippen LogP contribution in [0, 0.1) is 0 Å². The highest BCUT2D eigenvalue weighted by Crippen LogP contribution is 2.17. The number of hydrogen-bond donors (Lipinski definition) is 3. The molecule has 0 aliphatic heterocycles. The second kappa shape index (κ2) is 54.2. The Labute approximate surface area is 399 Å². The van der Waals surface area contributed by atoms with Gasteiger partial charge in [0.2, 0.25) is 5.91 Å². The molecule has 3 N–H and O–H groups in total. The number of unbranched alkanes of at least 4 members (excludes halogenated alkanes) is 41. The van der Waals surface area contributed by atoms with E-state index in [0.717, 1.165) is 51.4 Å². The smallest absolute Gasteiger partial charge is 0.305 e. The van der Waals surface area contributed by atoms with E-state index in [4.69, 9.17) is 4.74 Å². The molecule has 0 aromatic rings. The van der Waals surface area contributed by atoms with Crippen molar-refractivity contribution in [2.75, 3.05) is 13.2 Å². The molecule has 0 bridgehead atoms. The average Bonchev–Trinajstić information content (AvgIpc) is 3.29. The third kappa shape index (κ3) is 50.0. The van der Waals surface area contributed by atoms with Crippen molar-refractivity contribution in [2.24, 2.45) is 0 Å². The summed E-state index contributed by atoms with van der Waals surface area (Å²) in [5, 5.41) is 23.2. The van der Waals surface area contributed by atoms with Gasteiger partial charge in [-0.15, -0.1) is 0 Å². The van der Waals surface area contributed by atoms with Crippen LogP contribution in [0.25, 0.3) is 0 Å². The lowest BCUT2D eigenvalue weighted by atomic mass is 10.0. The lowest BCUT2D eigenvalue weighted by Gasteiger charge is -2.22. The van der Waals surface area contributed by atoms with Crippen LogP contribution in [0.4, 0.5) is 0 Å². The Hall–Kier alpha value is -1.40. The van der Waals surface area contributed by atoms with E-state index in [1.54, 1.807) is 0 Å². The van der Waals surface area contributed by atoms with Crippen molar-refractivity contribution >= 4 is 11.9 Å². The average molecular weight is 905 g/mol. The third-order valence-electron chi connectivity index (χ3n) is 13.6. The highest BCUT2D eigenvalue weighted by Gasteiger charge is 2.20. The monoisotopic (exact) mass is 904 g/mol. The van der Waals surface area contributed by atoms with Crippen LogP contribution in [0.1, 0.15) is 322 Å². The molecule has 1 amide bonds. The van der Waals surface area contributed by atoms with Gasteiger partial charge in [-0.1, -0.05) is 270 Å². The first-order valence-corrected chi connectivity index (χ1v) is 28.9. The summed E-state index contributed by atoms with van der Waals surface area (Å²) in [5.74, 6) is -0.0432. The minimum absolute atomic E-state index is 0.00259. The van der Waals surface area contributed by atoms with E-state index in [1.807, 2.05) is 0 Å². The van der Waals surface area contributed by atoms with E-state index in [0.29, 0.717) is 25.9 Å². The first-order valence-electron chi connectivity index (χ1n) is 28.9. The summed E-state index contributed by atoms with van der Waals surface area (Å²) in [6, 6.07) is -0.549. The van der Waals surface area contributed by atoms with Crippen LogP contribution < -0.4 is 5.32 Å². The lowest BCUT2D eigenvalue weighted by Crippen LogP contribution is -2.45. The Balaban J connectivity index is 3.42. The van der Waals surface area contributed by atoms with Crippen LogP contribution in [0.5, 0.6) is 0 Å². The molecule has 0 aromatic carbocycles. The summed E-state index contributed by atoms with van der Waals surface area (Å²) >= 11 is 0. The molecule has 0 heterocycles. The van der Waals surface area contributed by atoms with Crippen LogP contribution in [0.2, 0.25) is 0 Å². The highest BCUT2D eigenvalue weighted by molar-refractivity contribution is 5.76. The Morgan fingerprint density at radius 3 is 1.11 bits per heavy atom. The number of rotatable bonds is 54. The van der Waals surface area contributed by atoms with Crippen molar-refractivity contribution in [1.82, 2.24) is 5.32 Å². The molecule has 0 radical (unpaired) electrons. The second-order valence-corrected chi connectivity index (χ2v) is 20.0. The summed E-state index contributed by atoms with van der Waals surface area (Å²) in [5.41, 5.74) is 0. The number of aliphatic hydroxyl groups is 2. The number of esters is 1. The maximum absolute atomic E-state index is 12.4. The zero-order valence-corrected chi connectivity index (χ0v) is 43.3. The van der Waals surface area contributed by atoms with E-state index in [9.17, 15) is 19.8 Å². The number of hydrogen-bond acceptors (Lipinski definition) is 5. The van der Waals surface area contributed by atoms with Crippen molar-refractivity contribution < 1.29 is 24.5 Å². The van der Waals surface area contributed by atoms with Crippen LogP contribution in [-0.2, 0) is 14.3 Å². The zero-order chi connectivity index (χ0) is 46.5. The number of nitrogens with one attached hydrogen (secondary N) is 1. The Morgan fingerprint density at radius 1 is 0.422 bits per heavy atom. The van der Waals surface area contributed by atoms with E-state index in [2.05, 4.69) is 31.3 Å². The normalized spacial score (nSPS) is 12.6. The topological polar surface area (TPSA) is 95.9 Å². The van der Waals surface area contributed by atoms with Crippen molar-refractivity contribution in [3.8, 4) is 0 Å². The maximum atomic E-state index is 12.4. The molecule has 6 nitrogen and oxygen atoms in total. The number of carbonyl (C=O) groups excluding carboxylic acids is 2. The van der Waals surface area contributed by atoms with Crippen LogP contribution >= 0.6 is 0 Å². The molecule has 2 unspecified atom stereocenters. The lowest BCUT2D eigenvalue weighted by molar-refractivity contribution is -0.143. The Bertz CT molecular complexity index is 955. The second-order valence-electron chi connectivity index (χ2n) is 20.0. The molecule has 0 saturated carbocycles. The van der Waals surface area contributed by atoms with Gasteiger partial charge in [-0.25, -0.2) is 0 Å². The molecule has 0 aliphatic carbocycles. The summed E-state index contributed by atoms with van der Waals surface area (Å²) in [4.78, 5) is 24.5. The van der Waals surface area contributed by atoms with Crippen LogP contribution in [0.15, 0.2) is 12.2 Å². The first-order chi connectivity index (χ1) is 31.5. The standard InChI is InChI=1S/C58H113NO5/c1-3-5-7-9-11-13-15-17-18-20-24-28-32-36-40-44-48-52-58(63)64-53-49-45-41-37-33-29-25-22-19-21-23-27-31-35-39-43-47-51-57(62)59-55(54-60)56(61)50-46-42-38-34-30-26-16-14-12-10-8-6-4-2/h19,22,55-56,60-61H,3-18,20-21,23-54H2,1-2H3,(H,59,62)/b22-19-. The molecule has 0 aromatic heterocycles. The quantitative estimate of drug-likeness (QED) is 0.0321. The molecular weight excluding hydrogens is 791 g/mol. The predicted molar refractivity (Wildman–Crippen MR) is 278 cm³/mol. The van der Waals surface area contributed by atoms with Gasteiger partial charge in [-0.05, 0) is 51.4 Å². The molecule has 6 heteroatoms. The minimum Gasteiger partial charge on any atom is -0.466 e. The number of aliphatic hydroxyl groups excluding tert-OH is 2. The van der Waals surface area contributed by atoms with Crippen molar-refractivity contribution in [3.05, 3.63) is 12.2 Å². The molecule has 0 saturated heterocycles. The van der Waals surface area contributed by atoms with Crippen molar-refractivity contribution in [3.63, 3.8) is 0 Å². The first kappa shape index (κ1) is 62.6. The summed E-state index contributed by atoms with van der Waals surface area (Å²) in [6.07, 6.45) is 63.4. The molecule has 2 atom stereocenters. The molecule has 0 spiro atoms. The Morgan fingerprint density at radius 2 is 0.734 bits per heavy atom. The minimum atomic E-state index is -0.670. The van der Waals surface area contributed by atoms with Gasteiger partial charge >= 0.3 is 5.97 Å².